The summed E-state index contributed by atoms with van der Waals surface area (Å²) in [4.78, 5) is 9.14. The molecule has 1 aliphatic heterocycles. The summed E-state index contributed by atoms with van der Waals surface area (Å²) < 4.78 is 0. The van der Waals surface area contributed by atoms with Crippen molar-refractivity contribution in [2.75, 3.05) is 39.3 Å². The number of hydrogen-bond acceptors (Lipinski definition) is 4. The van der Waals surface area contributed by atoms with Gasteiger partial charge in [0.05, 0.1) is 0 Å². The Morgan fingerprint density at radius 3 is 2.56 bits per heavy atom. The SMILES string of the molecule is NCCCN1CCCN(Cc2ccncc2)CC1. The van der Waals surface area contributed by atoms with Crippen LogP contribution in [-0.2, 0) is 6.54 Å². The fourth-order valence-electron chi connectivity index (χ4n) is 2.47. The third kappa shape index (κ3) is 4.37. The van der Waals surface area contributed by atoms with E-state index in [0.29, 0.717) is 0 Å². The van der Waals surface area contributed by atoms with E-state index in [0.717, 1.165) is 32.6 Å². The monoisotopic (exact) mass is 248 g/mol. The molecule has 1 aromatic heterocycles. The van der Waals surface area contributed by atoms with Crippen LogP contribution in [0.1, 0.15) is 18.4 Å². The summed E-state index contributed by atoms with van der Waals surface area (Å²) in [5, 5.41) is 0. The maximum atomic E-state index is 5.57. The van der Waals surface area contributed by atoms with Crippen LogP contribution in [0.25, 0.3) is 0 Å². The summed E-state index contributed by atoms with van der Waals surface area (Å²) >= 11 is 0. The lowest BCUT2D eigenvalue weighted by Gasteiger charge is -2.21. The maximum Gasteiger partial charge on any atom is 0.0271 e. The Bertz CT molecular complexity index is 328. The summed E-state index contributed by atoms with van der Waals surface area (Å²) in [6.45, 7) is 7.75. The first-order valence-electron chi connectivity index (χ1n) is 6.92. The number of aromatic nitrogens is 1. The normalized spacial score (nSPS) is 18.7. The Hall–Kier alpha value is -0.970. The van der Waals surface area contributed by atoms with Gasteiger partial charge in [0.1, 0.15) is 0 Å². The van der Waals surface area contributed by atoms with E-state index in [-0.39, 0.29) is 0 Å². The summed E-state index contributed by atoms with van der Waals surface area (Å²) in [5.41, 5.74) is 6.93. The first-order chi connectivity index (χ1) is 8.88. The van der Waals surface area contributed by atoms with Gasteiger partial charge in [-0.2, -0.15) is 0 Å². The molecule has 2 rings (SSSR count). The van der Waals surface area contributed by atoms with Crippen LogP contribution in [0, 0.1) is 0 Å². The van der Waals surface area contributed by atoms with Crippen molar-refractivity contribution in [1.82, 2.24) is 14.8 Å². The molecule has 0 unspecified atom stereocenters. The molecule has 0 amide bonds. The van der Waals surface area contributed by atoms with Crippen molar-refractivity contribution >= 4 is 0 Å². The average Bonchev–Trinajstić information content (AvgIpc) is 2.63. The first-order valence-corrected chi connectivity index (χ1v) is 6.92. The average molecular weight is 248 g/mol. The van der Waals surface area contributed by atoms with Gasteiger partial charge in [0.25, 0.3) is 0 Å². The molecule has 2 heterocycles. The van der Waals surface area contributed by atoms with E-state index < -0.39 is 0 Å². The smallest absolute Gasteiger partial charge is 0.0271 e. The minimum atomic E-state index is 0.803. The fraction of sp³-hybridized carbons (Fsp3) is 0.643. The molecule has 0 spiro atoms. The summed E-state index contributed by atoms with van der Waals surface area (Å²) in [5.74, 6) is 0. The molecule has 0 saturated carbocycles. The van der Waals surface area contributed by atoms with Gasteiger partial charge in [0, 0.05) is 32.0 Å². The van der Waals surface area contributed by atoms with Crippen molar-refractivity contribution in [3.05, 3.63) is 30.1 Å². The molecule has 0 atom stereocenters. The van der Waals surface area contributed by atoms with Crippen LogP contribution < -0.4 is 5.73 Å². The van der Waals surface area contributed by atoms with Crippen LogP contribution in [0.5, 0.6) is 0 Å². The Labute approximate surface area is 110 Å². The highest BCUT2D eigenvalue weighted by atomic mass is 15.2. The predicted octanol–water partition coefficient (Wildman–Crippen LogP) is 0.938. The Kier molecular flexibility index (Phi) is 5.58. The summed E-state index contributed by atoms with van der Waals surface area (Å²) in [7, 11) is 0. The first kappa shape index (κ1) is 13.5. The van der Waals surface area contributed by atoms with Gasteiger partial charge in [0.15, 0.2) is 0 Å². The minimum absolute atomic E-state index is 0.803. The maximum absolute atomic E-state index is 5.57. The second kappa shape index (κ2) is 7.46. The molecule has 1 saturated heterocycles. The molecule has 4 nitrogen and oxygen atoms in total. The van der Waals surface area contributed by atoms with E-state index in [1.165, 1.54) is 31.6 Å². The lowest BCUT2D eigenvalue weighted by molar-refractivity contribution is 0.251. The molecule has 2 N–H and O–H groups in total. The zero-order chi connectivity index (χ0) is 12.6. The van der Waals surface area contributed by atoms with Crippen LogP contribution >= 0.6 is 0 Å². The van der Waals surface area contributed by atoms with Gasteiger partial charge >= 0.3 is 0 Å². The van der Waals surface area contributed by atoms with E-state index in [9.17, 15) is 0 Å². The Morgan fingerprint density at radius 2 is 1.78 bits per heavy atom. The molecule has 1 aliphatic rings. The van der Waals surface area contributed by atoms with E-state index in [2.05, 4.69) is 26.9 Å². The molecule has 1 aromatic rings. The van der Waals surface area contributed by atoms with Crippen LogP contribution in [-0.4, -0.2) is 54.1 Å². The summed E-state index contributed by atoms with van der Waals surface area (Å²) in [6.07, 6.45) is 6.13. The molecule has 4 heteroatoms. The topological polar surface area (TPSA) is 45.4 Å². The van der Waals surface area contributed by atoms with Crippen LogP contribution in [0.3, 0.4) is 0 Å². The molecule has 18 heavy (non-hydrogen) atoms. The third-order valence-corrected chi connectivity index (χ3v) is 3.52. The van der Waals surface area contributed by atoms with E-state index in [4.69, 9.17) is 5.73 Å². The zero-order valence-corrected chi connectivity index (χ0v) is 11.1. The van der Waals surface area contributed by atoms with E-state index >= 15 is 0 Å². The fourth-order valence-corrected chi connectivity index (χ4v) is 2.47. The standard InChI is InChI=1S/C14H24N4/c15-5-1-8-17-9-2-10-18(12-11-17)13-14-3-6-16-7-4-14/h3-4,6-7H,1-2,5,8-13,15H2. The zero-order valence-electron chi connectivity index (χ0n) is 11.1. The molecule has 100 valence electrons. The van der Waals surface area contributed by atoms with Crippen LogP contribution in [0.2, 0.25) is 0 Å². The van der Waals surface area contributed by atoms with Crippen molar-refractivity contribution < 1.29 is 0 Å². The lowest BCUT2D eigenvalue weighted by Crippen LogP contribution is -2.31. The highest BCUT2D eigenvalue weighted by Gasteiger charge is 2.14. The van der Waals surface area contributed by atoms with Crippen molar-refractivity contribution in [2.24, 2.45) is 5.73 Å². The molecular weight excluding hydrogens is 224 g/mol. The van der Waals surface area contributed by atoms with E-state index in [1.807, 2.05) is 12.4 Å². The molecular formula is C14H24N4. The number of rotatable bonds is 5. The largest absolute Gasteiger partial charge is 0.330 e. The lowest BCUT2D eigenvalue weighted by atomic mass is 10.2. The van der Waals surface area contributed by atoms with Gasteiger partial charge in [-0.15, -0.1) is 0 Å². The number of pyridine rings is 1. The van der Waals surface area contributed by atoms with Crippen molar-refractivity contribution in [1.29, 1.82) is 0 Å². The second-order valence-corrected chi connectivity index (χ2v) is 4.97. The van der Waals surface area contributed by atoms with Crippen LogP contribution in [0.4, 0.5) is 0 Å². The number of nitrogens with zero attached hydrogens (tertiary/aromatic N) is 3. The molecule has 1 fully saturated rings. The van der Waals surface area contributed by atoms with Gasteiger partial charge in [0.2, 0.25) is 0 Å². The van der Waals surface area contributed by atoms with Crippen molar-refractivity contribution in [3.63, 3.8) is 0 Å². The minimum Gasteiger partial charge on any atom is -0.330 e. The van der Waals surface area contributed by atoms with Gasteiger partial charge < -0.3 is 10.6 Å². The van der Waals surface area contributed by atoms with Gasteiger partial charge in [-0.25, -0.2) is 0 Å². The number of hydrogen-bond donors (Lipinski definition) is 1. The molecule has 0 radical (unpaired) electrons. The highest BCUT2D eigenvalue weighted by molar-refractivity contribution is 5.09. The third-order valence-electron chi connectivity index (χ3n) is 3.52. The number of nitrogens with two attached hydrogens (primary N) is 1. The Balaban J connectivity index is 1.78. The quantitative estimate of drug-likeness (QED) is 0.842. The Morgan fingerprint density at radius 1 is 1.06 bits per heavy atom. The molecule has 0 aliphatic carbocycles. The molecule has 0 aromatic carbocycles. The van der Waals surface area contributed by atoms with Gasteiger partial charge in [-0.1, -0.05) is 0 Å². The van der Waals surface area contributed by atoms with Gasteiger partial charge in [-0.05, 0) is 56.7 Å². The predicted molar refractivity (Wildman–Crippen MR) is 74.2 cm³/mol. The highest BCUT2D eigenvalue weighted by Crippen LogP contribution is 2.08. The van der Waals surface area contributed by atoms with Crippen molar-refractivity contribution in [3.8, 4) is 0 Å². The van der Waals surface area contributed by atoms with E-state index in [1.54, 1.807) is 0 Å². The second-order valence-electron chi connectivity index (χ2n) is 4.97. The van der Waals surface area contributed by atoms with Crippen LogP contribution in [0.15, 0.2) is 24.5 Å². The van der Waals surface area contributed by atoms with Crippen molar-refractivity contribution in [2.45, 2.75) is 19.4 Å². The molecule has 0 bridgehead atoms. The summed E-state index contributed by atoms with van der Waals surface area (Å²) in [6, 6.07) is 4.22. The van der Waals surface area contributed by atoms with Gasteiger partial charge in [-0.3, -0.25) is 9.88 Å².